The van der Waals surface area contributed by atoms with Gasteiger partial charge in [0.2, 0.25) is 0 Å². The maximum absolute atomic E-state index is 13.1. The van der Waals surface area contributed by atoms with E-state index < -0.39 is 0 Å². The number of halogens is 1. The summed E-state index contributed by atoms with van der Waals surface area (Å²) in [5.74, 6) is -0.594. The zero-order chi connectivity index (χ0) is 15.0. The first-order chi connectivity index (χ1) is 10.0. The summed E-state index contributed by atoms with van der Waals surface area (Å²) < 4.78 is 14.7. The van der Waals surface area contributed by atoms with Gasteiger partial charge < -0.3 is 5.32 Å². The minimum atomic E-state index is -0.327. The summed E-state index contributed by atoms with van der Waals surface area (Å²) in [6.07, 6.45) is 0. The quantitative estimate of drug-likeness (QED) is 0.787. The zero-order valence-electron chi connectivity index (χ0n) is 11.6. The number of carbonyl (C=O) groups is 1. The summed E-state index contributed by atoms with van der Waals surface area (Å²) in [5, 5.41) is 10.6. The van der Waals surface area contributed by atoms with Crippen LogP contribution in [0.3, 0.4) is 0 Å². The van der Waals surface area contributed by atoms with Crippen LogP contribution in [-0.4, -0.2) is 20.9 Å². The van der Waals surface area contributed by atoms with E-state index in [4.69, 9.17) is 0 Å². The highest BCUT2D eigenvalue weighted by Crippen LogP contribution is 2.18. The third-order valence-corrected chi connectivity index (χ3v) is 3.31. The van der Waals surface area contributed by atoms with Gasteiger partial charge in [0.1, 0.15) is 11.3 Å². The molecule has 0 aliphatic heterocycles. The fourth-order valence-corrected chi connectivity index (χ4v) is 2.14. The van der Waals surface area contributed by atoms with Gasteiger partial charge in [0.25, 0.3) is 5.91 Å². The Labute approximate surface area is 120 Å². The van der Waals surface area contributed by atoms with Gasteiger partial charge in [-0.2, -0.15) is 0 Å². The number of hydrogen-bond acceptors (Lipinski definition) is 3. The van der Waals surface area contributed by atoms with Crippen molar-refractivity contribution in [3.63, 3.8) is 0 Å². The molecule has 1 N–H and O–H groups in total. The second-order valence-corrected chi connectivity index (χ2v) is 4.83. The van der Waals surface area contributed by atoms with Crippen molar-refractivity contribution in [2.24, 2.45) is 7.05 Å². The summed E-state index contributed by atoms with van der Waals surface area (Å²) in [6.45, 7) is 1.74. The molecule has 0 unspecified atom stereocenters. The number of anilines is 1. The van der Waals surface area contributed by atoms with Gasteiger partial charge in [0.15, 0.2) is 0 Å². The standard InChI is InChI=1S/C15H13FN4O/c1-9-7-11(16)4-5-12(9)17-15(21)10-3-6-14-13(8-10)18-19-20(14)2/h3-8H,1-2H3,(H,17,21). The molecule has 6 heteroatoms. The monoisotopic (exact) mass is 284 g/mol. The first-order valence-corrected chi connectivity index (χ1v) is 6.41. The van der Waals surface area contributed by atoms with Crippen LogP contribution in [0, 0.1) is 12.7 Å². The fraction of sp³-hybridized carbons (Fsp3) is 0.133. The molecule has 5 nitrogen and oxygen atoms in total. The summed E-state index contributed by atoms with van der Waals surface area (Å²) in [6, 6.07) is 9.41. The smallest absolute Gasteiger partial charge is 0.255 e. The summed E-state index contributed by atoms with van der Waals surface area (Å²) in [4.78, 5) is 12.2. The van der Waals surface area contributed by atoms with Crippen molar-refractivity contribution < 1.29 is 9.18 Å². The highest BCUT2D eigenvalue weighted by molar-refractivity contribution is 6.06. The van der Waals surface area contributed by atoms with Gasteiger partial charge in [0.05, 0.1) is 5.52 Å². The average Bonchev–Trinajstić information content (AvgIpc) is 2.83. The molecule has 1 amide bonds. The van der Waals surface area contributed by atoms with Crippen LogP contribution >= 0.6 is 0 Å². The van der Waals surface area contributed by atoms with E-state index in [0.717, 1.165) is 5.52 Å². The number of rotatable bonds is 2. The minimum absolute atomic E-state index is 0.266. The normalized spacial score (nSPS) is 10.8. The molecular formula is C15H13FN4O. The van der Waals surface area contributed by atoms with Gasteiger partial charge in [0, 0.05) is 18.3 Å². The largest absolute Gasteiger partial charge is 0.322 e. The second-order valence-electron chi connectivity index (χ2n) is 4.83. The van der Waals surface area contributed by atoms with Crippen LogP contribution < -0.4 is 5.32 Å². The zero-order valence-corrected chi connectivity index (χ0v) is 11.6. The molecule has 0 aliphatic rings. The van der Waals surface area contributed by atoms with E-state index in [1.165, 1.54) is 12.1 Å². The van der Waals surface area contributed by atoms with E-state index in [-0.39, 0.29) is 11.7 Å². The van der Waals surface area contributed by atoms with E-state index in [1.807, 2.05) is 0 Å². The number of fused-ring (bicyclic) bond motifs is 1. The van der Waals surface area contributed by atoms with Gasteiger partial charge in [-0.25, -0.2) is 9.07 Å². The Kier molecular flexibility index (Phi) is 3.13. The third-order valence-electron chi connectivity index (χ3n) is 3.31. The lowest BCUT2D eigenvalue weighted by atomic mass is 10.1. The van der Waals surface area contributed by atoms with Crippen molar-refractivity contribution in [3.05, 3.63) is 53.3 Å². The lowest BCUT2D eigenvalue weighted by Gasteiger charge is -2.08. The molecule has 3 aromatic rings. The second kappa shape index (κ2) is 4.97. The molecule has 1 heterocycles. The molecule has 0 radical (unpaired) electrons. The molecule has 0 spiro atoms. The Morgan fingerprint density at radius 1 is 1.24 bits per heavy atom. The Morgan fingerprint density at radius 3 is 2.81 bits per heavy atom. The van der Waals surface area contributed by atoms with Crippen LogP contribution in [0.25, 0.3) is 11.0 Å². The van der Waals surface area contributed by atoms with Crippen molar-refractivity contribution >= 4 is 22.6 Å². The maximum Gasteiger partial charge on any atom is 0.255 e. The molecule has 0 atom stereocenters. The van der Waals surface area contributed by atoms with E-state index >= 15 is 0 Å². The molecule has 1 aromatic heterocycles. The van der Waals surface area contributed by atoms with Crippen LogP contribution in [0.15, 0.2) is 36.4 Å². The predicted molar refractivity (Wildman–Crippen MR) is 77.6 cm³/mol. The summed E-state index contributed by atoms with van der Waals surface area (Å²) >= 11 is 0. The van der Waals surface area contributed by atoms with Crippen molar-refractivity contribution in [3.8, 4) is 0 Å². The molecule has 3 rings (SSSR count). The third kappa shape index (κ3) is 2.47. The van der Waals surface area contributed by atoms with Gasteiger partial charge in [-0.05, 0) is 48.9 Å². The van der Waals surface area contributed by atoms with E-state index in [1.54, 1.807) is 42.9 Å². The number of amides is 1. The van der Waals surface area contributed by atoms with E-state index in [9.17, 15) is 9.18 Å². The topological polar surface area (TPSA) is 59.8 Å². The molecule has 2 aromatic carbocycles. The molecule has 21 heavy (non-hydrogen) atoms. The highest BCUT2D eigenvalue weighted by Gasteiger charge is 2.10. The Balaban J connectivity index is 1.89. The van der Waals surface area contributed by atoms with Crippen molar-refractivity contribution in [1.29, 1.82) is 0 Å². The number of aromatic nitrogens is 3. The molecule has 0 fully saturated rings. The van der Waals surface area contributed by atoms with E-state index in [0.29, 0.717) is 22.3 Å². The molecule has 0 aliphatic carbocycles. The van der Waals surface area contributed by atoms with Crippen molar-refractivity contribution in [1.82, 2.24) is 15.0 Å². The highest BCUT2D eigenvalue weighted by atomic mass is 19.1. The van der Waals surface area contributed by atoms with Gasteiger partial charge in [-0.3, -0.25) is 4.79 Å². The van der Waals surface area contributed by atoms with Gasteiger partial charge >= 0.3 is 0 Å². The fourth-order valence-electron chi connectivity index (χ4n) is 2.14. The molecule has 0 saturated carbocycles. The lowest BCUT2D eigenvalue weighted by molar-refractivity contribution is 0.102. The molecule has 106 valence electrons. The minimum Gasteiger partial charge on any atom is -0.322 e. The van der Waals surface area contributed by atoms with Crippen LogP contribution in [0.2, 0.25) is 0 Å². The van der Waals surface area contributed by atoms with Crippen LogP contribution in [-0.2, 0) is 7.05 Å². The summed E-state index contributed by atoms with van der Waals surface area (Å²) in [5.41, 5.74) is 3.24. The SMILES string of the molecule is Cc1cc(F)ccc1NC(=O)c1ccc2c(c1)nnn2C. The van der Waals surface area contributed by atoms with Crippen LogP contribution in [0.5, 0.6) is 0 Å². The Morgan fingerprint density at radius 2 is 2.05 bits per heavy atom. The maximum atomic E-state index is 13.1. The Bertz CT molecular complexity index is 841. The number of carbonyl (C=O) groups excluding carboxylic acids is 1. The number of hydrogen-bond donors (Lipinski definition) is 1. The molecule has 0 saturated heterocycles. The van der Waals surface area contributed by atoms with Crippen molar-refractivity contribution in [2.45, 2.75) is 6.92 Å². The first-order valence-electron chi connectivity index (χ1n) is 6.41. The predicted octanol–water partition coefficient (Wildman–Crippen LogP) is 2.67. The number of benzene rings is 2. The average molecular weight is 284 g/mol. The Hall–Kier alpha value is -2.76. The first kappa shape index (κ1) is 13.2. The number of aryl methyl sites for hydroxylation is 2. The number of nitrogens with zero attached hydrogens (tertiary/aromatic N) is 3. The molecular weight excluding hydrogens is 271 g/mol. The lowest BCUT2D eigenvalue weighted by Crippen LogP contribution is -2.12. The van der Waals surface area contributed by atoms with E-state index in [2.05, 4.69) is 15.6 Å². The van der Waals surface area contributed by atoms with Crippen LogP contribution in [0.1, 0.15) is 15.9 Å². The van der Waals surface area contributed by atoms with Gasteiger partial charge in [-0.1, -0.05) is 5.21 Å². The number of nitrogens with one attached hydrogen (secondary N) is 1. The van der Waals surface area contributed by atoms with Crippen molar-refractivity contribution in [2.75, 3.05) is 5.32 Å². The van der Waals surface area contributed by atoms with Gasteiger partial charge in [-0.15, -0.1) is 5.10 Å². The molecule has 0 bridgehead atoms. The van der Waals surface area contributed by atoms with Crippen LogP contribution in [0.4, 0.5) is 10.1 Å². The summed E-state index contributed by atoms with van der Waals surface area (Å²) in [7, 11) is 1.79.